The van der Waals surface area contributed by atoms with Crippen molar-refractivity contribution in [3.63, 3.8) is 0 Å². The van der Waals surface area contributed by atoms with Crippen LogP contribution < -0.4 is 15.1 Å². The van der Waals surface area contributed by atoms with Crippen molar-refractivity contribution < 1.29 is 9.18 Å². The highest BCUT2D eigenvalue weighted by atomic mass is 19.1. The van der Waals surface area contributed by atoms with Crippen LogP contribution in [0.4, 0.5) is 15.8 Å². The third-order valence-electron chi connectivity index (χ3n) is 7.21. The zero-order valence-corrected chi connectivity index (χ0v) is 21.4. The molecular weight excluding hydrogens is 463 g/mol. The normalized spacial score (nSPS) is 14.9. The van der Waals surface area contributed by atoms with E-state index in [-0.39, 0.29) is 17.8 Å². The number of carbonyl (C=O) groups is 1. The molecule has 0 spiro atoms. The second-order valence-corrected chi connectivity index (χ2v) is 9.77. The highest BCUT2D eigenvalue weighted by Crippen LogP contribution is 2.26. The van der Waals surface area contributed by atoms with Crippen LogP contribution in [0.15, 0.2) is 91.0 Å². The summed E-state index contributed by atoms with van der Waals surface area (Å²) < 4.78 is 13.4. The van der Waals surface area contributed by atoms with Crippen molar-refractivity contribution in [2.24, 2.45) is 0 Å². The molecule has 1 heterocycles. The molecule has 0 bridgehead atoms. The fraction of sp³-hybridized carbons (Fsp3) is 0.258. The molecule has 1 N–H and O–H groups in total. The number of hydrogen-bond acceptors (Lipinski definition) is 4. The lowest BCUT2D eigenvalue weighted by molar-refractivity contribution is 0.0930. The summed E-state index contributed by atoms with van der Waals surface area (Å²) in [5.74, 6) is -0.281. The highest BCUT2D eigenvalue weighted by molar-refractivity contribution is 5.98. The van der Waals surface area contributed by atoms with Gasteiger partial charge in [0.2, 0.25) is 0 Å². The lowest BCUT2D eigenvalue weighted by atomic mass is 10.0. The number of amides is 1. The first kappa shape index (κ1) is 24.8. The summed E-state index contributed by atoms with van der Waals surface area (Å²) in [4.78, 5) is 19.9. The zero-order valence-electron chi connectivity index (χ0n) is 21.4. The van der Waals surface area contributed by atoms with Crippen molar-refractivity contribution in [2.75, 3.05) is 56.6 Å². The van der Waals surface area contributed by atoms with E-state index in [1.54, 1.807) is 0 Å². The Morgan fingerprint density at radius 3 is 2.22 bits per heavy atom. The Bertz CT molecular complexity index is 1350. The van der Waals surface area contributed by atoms with Gasteiger partial charge in [-0.1, -0.05) is 42.5 Å². The Balaban J connectivity index is 1.31. The van der Waals surface area contributed by atoms with Crippen LogP contribution >= 0.6 is 0 Å². The summed E-state index contributed by atoms with van der Waals surface area (Å²) in [6.07, 6.45) is 0. The summed E-state index contributed by atoms with van der Waals surface area (Å²) in [6.45, 7) is 3.91. The first-order valence-electron chi connectivity index (χ1n) is 12.8. The van der Waals surface area contributed by atoms with Crippen LogP contribution in [-0.2, 0) is 0 Å². The first-order valence-corrected chi connectivity index (χ1v) is 12.8. The van der Waals surface area contributed by atoms with Crippen molar-refractivity contribution in [1.29, 1.82) is 0 Å². The van der Waals surface area contributed by atoms with Crippen LogP contribution in [0.1, 0.15) is 22.0 Å². The molecule has 5 rings (SSSR count). The summed E-state index contributed by atoms with van der Waals surface area (Å²) in [5.41, 5.74) is 4.03. The molecule has 0 aliphatic carbocycles. The third kappa shape index (κ3) is 5.75. The number of nitrogens with zero attached hydrogens (tertiary/aromatic N) is 3. The Kier molecular flexibility index (Phi) is 7.37. The molecule has 4 aromatic rings. The number of rotatable bonds is 7. The van der Waals surface area contributed by atoms with Gasteiger partial charge in [-0.25, -0.2) is 4.39 Å². The lowest BCUT2D eigenvalue weighted by Gasteiger charge is -2.40. The largest absolute Gasteiger partial charge is 0.378 e. The van der Waals surface area contributed by atoms with Crippen molar-refractivity contribution >= 4 is 28.1 Å². The fourth-order valence-electron chi connectivity index (χ4n) is 5.02. The predicted molar refractivity (Wildman–Crippen MR) is 150 cm³/mol. The van der Waals surface area contributed by atoms with Crippen LogP contribution in [-0.4, -0.2) is 57.6 Å². The number of piperazine rings is 1. The van der Waals surface area contributed by atoms with Crippen molar-refractivity contribution in [2.45, 2.75) is 6.04 Å². The third-order valence-corrected chi connectivity index (χ3v) is 7.21. The van der Waals surface area contributed by atoms with Crippen LogP contribution in [0.2, 0.25) is 0 Å². The number of fused-ring (bicyclic) bond motifs is 1. The van der Waals surface area contributed by atoms with Gasteiger partial charge in [0, 0.05) is 63.8 Å². The van der Waals surface area contributed by atoms with Crippen LogP contribution in [0.3, 0.4) is 0 Å². The van der Waals surface area contributed by atoms with E-state index >= 15 is 0 Å². The number of carbonyl (C=O) groups excluding carboxylic acids is 1. The summed E-state index contributed by atoms with van der Waals surface area (Å²) in [7, 11) is 4.07. The van der Waals surface area contributed by atoms with Gasteiger partial charge in [0.25, 0.3) is 5.91 Å². The van der Waals surface area contributed by atoms with Gasteiger partial charge in [-0.2, -0.15) is 0 Å². The van der Waals surface area contributed by atoms with E-state index in [4.69, 9.17) is 0 Å². The van der Waals surface area contributed by atoms with Gasteiger partial charge in [-0.15, -0.1) is 0 Å². The molecule has 0 radical (unpaired) electrons. The second kappa shape index (κ2) is 11.0. The van der Waals surface area contributed by atoms with Crippen molar-refractivity contribution in [3.05, 3.63) is 108 Å². The summed E-state index contributed by atoms with van der Waals surface area (Å²) in [5, 5.41) is 5.38. The minimum Gasteiger partial charge on any atom is -0.378 e. The van der Waals surface area contributed by atoms with Gasteiger partial charge in [-0.3, -0.25) is 9.69 Å². The first-order chi connectivity index (χ1) is 18.0. The number of anilines is 2. The molecule has 6 heteroatoms. The molecule has 190 valence electrons. The summed E-state index contributed by atoms with van der Waals surface area (Å²) in [6, 6.07) is 29.2. The maximum Gasteiger partial charge on any atom is 0.251 e. The molecule has 1 unspecified atom stereocenters. The molecular formula is C31H33FN4O. The van der Waals surface area contributed by atoms with Crippen LogP contribution in [0.5, 0.6) is 0 Å². The van der Waals surface area contributed by atoms with E-state index in [1.807, 2.05) is 62.6 Å². The maximum atomic E-state index is 13.4. The molecule has 1 fully saturated rings. The standard InChI is InChI=1S/C31H33FN4O/c1-34(2)28-13-9-24(10-14-28)30(36-19-17-35(18-20-36)29-15-11-27(32)12-16-29)22-33-31(37)26-8-7-23-5-3-4-6-25(23)21-26/h3-16,21,30H,17-20,22H2,1-2H3,(H,33,37). The molecule has 1 saturated heterocycles. The van der Waals surface area contributed by atoms with Crippen molar-refractivity contribution in [3.8, 4) is 0 Å². The van der Waals surface area contributed by atoms with E-state index in [2.05, 4.69) is 50.3 Å². The Hall–Kier alpha value is -3.90. The molecule has 1 amide bonds. The average molecular weight is 497 g/mol. The molecule has 5 nitrogen and oxygen atoms in total. The zero-order chi connectivity index (χ0) is 25.8. The van der Waals surface area contributed by atoms with E-state index in [9.17, 15) is 9.18 Å². The Morgan fingerprint density at radius 2 is 1.54 bits per heavy atom. The maximum absolute atomic E-state index is 13.4. The van der Waals surface area contributed by atoms with E-state index in [0.29, 0.717) is 12.1 Å². The minimum atomic E-state index is -0.217. The Morgan fingerprint density at radius 1 is 0.865 bits per heavy atom. The molecule has 1 aliphatic rings. The fourth-order valence-corrected chi connectivity index (χ4v) is 5.02. The quantitative estimate of drug-likeness (QED) is 0.375. The molecule has 0 aromatic heterocycles. The van der Waals surface area contributed by atoms with Gasteiger partial charge >= 0.3 is 0 Å². The smallest absolute Gasteiger partial charge is 0.251 e. The van der Waals surface area contributed by atoms with E-state index in [1.165, 1.54) is 17.7 Å². The number of halogens is 1. The molecule has 37 heavy (non-hydrogen) atoms. The monoisotopic (exact) mass is 496 g/mol. The van der Waals surface area contributed by atoms with Crippen LogP contribution in [0.25, 0.3) is 10.8 Å². The average Bonchev–Trinajstić information content (AvgIpc) is 2.94. The van der Waals surface area contributed by atoms with E-state index < -0.39 is 0 Å². The van der Waals surface area contributed by atoms with E-state index in [0.717, 1.165) is 48.3 Å². The second-order valence-electron chi connectivity index (χ2n) is 9.77. The SMILES string of the molecule is CN(C)c1ccc(C(CNC(=O)c2ccc3ccccc3c2)N2CCN(c3ccc(F)cc3)CC2)cc1. The number of hydrogen-bond donors (Lipinski definition) is 1. The highest BCUT2D eigenvalue weighted by Gasteiger charge is 2.26. The van der Waals surface area contributed by atoms with Gasteiger partial charge < -0.3 is 15.1 Å². The molecule has 1 atom stereocenters. The minimum absolute atomic E-state index is 0.0518. The number of benzene rings is 4. The lowest BCUT2D eigenvalue weighted by Crippen LogP contribution is -2.50. The van der Waals surface area contributed by atoms with Gasteiger partial charge in [0.1, 0.15) is 5.82 Å². The summed E-state index contributed by atoms with van der Waals surface area (Å²) >= 11 is 0. The number of nitrogens with one attached hydrogen (secondary N) is 1. The predicted octanol–water partition coefficient (Wildman–Crippen LogP) is 5.34. The molecule has 1 aliphatic heterocycles. The Labute approximate surface area is 218 Å². The molecule has 4 aromatic carbocycles. The molecule has 0 saturated carbocycles. The van der Waals surface area contributed by atoms with Gasteiger partial charge in [0.15, 0.2) is 0 Å². The van der Waals surface area contributed by atoms with Crippen LogP contribution in [0, 0.1) is 5.82 Å². The topological polar surface area (TPSA) is 38.8 Å². The van der Waals surface area contributed by atoms with Gasteiger partial charge in [-0.05, 0) is 64.9 Å². The van der Waals surface area contributed by atoms with Crippen molar-refractivity contribution in [1.82, 2.24) is 10.2 Å². The van der Waals surface area contributed by atoms with Gasteiger partial charge in [0.05, 0.1) is 6.04 Å².